The first-order chi connectivity index (χ1) is 8.80. The van der Waals surface area contributed by atoms with Crippen molar-refractivity contribution >= 4 is 39.4 Å². The summed E-state index contributed by atoms with van der Waals surface area (Å²) in [7, 11) is 0. The minimum atomic E-state index is -1.28. The van der Waals surface area contributed by atoms with Crippen LogP contribution in [0.5, 0.6) is 0 Å². The molecule has 1 aromatic carbocycles. The molecule has 1 unspecified atom stereocenters. The Morgan fingerprint density at radius 3 is 2.63 bits per heavy atom. The molecule has 6 heteroatoms. The Hall–Kier alpha value is -1.07. The Labute approximate surface area is 125 Å². The number of halogens is 2. The van der Waals surface area contributed by atoms with Crippen molar-refractivity contribution in [2.75, 3.05) is 0 Å². The lowest BCUT2D eigenvalue weighted by Crippen LogP contribution is -2.52. The van der Waals surface area contributed by atoms with E-state index in [1.807, 2.05) is 6.92 Å². The fourth-order valence-corrected chi connectivity index (χ4v) is 2.31. The van der Waals surface area contributed by atoms with Gasteiger partial charge >= 0.3 is 5.97 Å². The van der Waals surface area contributed by atoms with Gasteiger partial charge in [0, 0.05) is 9.50 Å². The predicted molar refractivity (Wildman–Crippen MR) is 77.6 cm³/mol. The molecule has 0 spiro atoms. The standard InChI is InChI=1S/C13H15BrClNO3/c1-3-6-13(2,12(18)19)16-11(17)9-7-8(15)4-5-10(9)14/h4-5,7H,3,6H2,1-2H3,(H,16,17)(H,18,19). The first-order valence-corrected chi connectivity index (χ1v) is 6.98. The minimum Gasteiger partial charge on any atom is -0.480 e. The molecule has 1 aromatic rings. The molecule has 0 heterocycles. The number of benzene rings is 1. The molecule has 2 N–H and O–H groups in total. The van der Waals surface area contributed by atoms with Gasteiger partial charge in [-0.1, -0.05) is 24.9 Å². The van der Waals surface area contributed by atoms with Crippen molar-refractivity contribution in [3.05, 3.63) is 33.3 Å². The average molecular weight is 349 g/mol. The van der Waals surface area contributed by atoms with E-state index in [4.69, 9.17) is 11.6 Å². The topological polar surface area (TPSA) is 66.4 Å². The van der Waals surface area contributed by atoms with Crippen molar-refractivity contribution in [1.82, 2.24) is 5.32 Å². The number of amides is 1. The summed E-state index contributed by atoms with van der Waals surface area (Å²) in [4.78, 5) is 23.4. The van der Waals surface area contributed by atoms with E-state index in [1.54, 1.807) is 12.1 Å². The van der Waals surface area contributed by atoms with E-state index in [0.29, 0.717) is 27.9 Å². The number of carboxylic acid groups (broad SMARTS) is 1. The molecule has 1 rings (SSSR count). The Balaban J connectivity index is 3.00. The summed E-state index contributed by atoms with van der Waals surface area (Å²) in [6.07, 6.45) is 1.01. The predicted octanol–water partition coefficient (Wildman–Crippen LogP) is 3.48. The average Bonchev–Trinajstić information content (AvgIpc) is 2.32. The second kappa shape index (κ2) is 6.39. The van der Waals surface area contributed by atoms with Crippen molar-refractivity contribution < 1.29 is 14.7 Å². The van der Waals surface area contributed by atoms with Crippen LogP contribution in [0.3, 0.4) is 0 Å². The highest BCUT2D eigenvalue weighted by atomic mass is 79.9. The van der Waals surface area contributed by atoms with Gasteiger partial charge in [-0.2, -0.15) is 0 Å². The van der Waals surface area contributed by atoms with Crippen LogP contribution < -0.4 is 5.32 Å². The van der Waals surface area contributed by atoms with Crippen LogP contribution in [-0.2, 0) is 4.79 Å². The Morgan fingerprint density at radius 2 is 2.11 bits per heavy atom. The van der Waals surface area contributed by atoms with Gasteiger partial charge in [-0.05, 0) is 47.5 Å². The van der Waals surface area contributed by atoms with E-state index in [0.717, 1.165) is 0 Å². The number of hydrogen-bond donors (Lipinski definition) is 2. The van der Waals surface area contributed by atoms with Crippen molar-refractivity contribution in [3.63, 3.8) is 0 Å². The largest absolute Gasteiger partial charge is 0.480 e. The normalized spacial score (nSPS) is 13.7. The maximum absolute atomic E-state index is 12.1. The van der Waals surface area contributed by atoms with Crippen LogP contribution in [-0.4, -0.2) is 22.5 Å². The molecule has 0 fully saturated rings. The van der Waals surface area contributed by atoms with E-state index < -0.39 is 17.4 Å². The number of rotatable bonds is 5. The molecule has 0 radical (unpaired) electrons. The van der Waals surface area contributed by atoms with E-state index >= 15 is 0 Å². The fraction of sp³-hybridized carbons (Fsp3) is 0.385. The smallest absolute Gasteiger partial charge is 0.329 e. The van der Waals surface area contributed by atoms with Gasteiger partial charge in [-0.15, -0.1) is 0 Å². The monoisotopic (exact) mass is 347 g/mol. The van der Waals surface area contributed by atoms with Crippen LogP contribution in [0.1, 0.15) is 37.0 Å². The summed E-state index contributed by atoms with van der Waals surface area (Å²) in [5.41, 5.74) is -0.968. The number of aliphatic carboxylic acids is 1. The zero-order chi connectivity index (χ0) is 14.6. The zero-order valence-electron chi connectivity index (χ0n) is 10.7. The Kier molecular flexibility index (Phi) is 5.38. The number of hydrogen-bond acceptors (Lipinski definition) is 2. The van der Waals surface area contributed by atoms with Gasteiger partial charge in [0.1, 0.15) is 5.54 Å². The van der Waals surface area contributed by atoms with E-state index in [2.05, 4.69) is 21.2 Å². The van der Waals surface area contributed by atoms with Crippen LogP contribution >= 0.6 is 27.5 Å². The lowest BCUT2D eigenvalue weighted by Gasteiger charge is -2.26. The van der Waals surface area contributed by atoms with Crippen LogP contribution in [0.2, 0.25) is 5.02 Å². The third kappa shape index (κ3) is 3.94. The minimum absolute atomic E-state index is 0.316. The highest BCUT2D eigenvalue weighted by molar-refractivity contribution is 9.10. The molecule has 0 bridgehead atoms. The van der Waals surface area contributed by atoms with Crippen molar-refractivity contribution in [3.8, 4) is 0 Å². The molecule has 0 aromatic heterocycles. The molecule has 4 nitrogen and oxygen atoms in total. The molecule has 104 valence electrons. The Morgan fingerprint density at radius 1 is 1.47 bits per heavy atom. The lowest BCUT2D eigenvalue weighted by molar-refractivity contribution is -0.144. The zero-order valence-corrected chi connectivity index (χ0v) is 13.0. The number of nitrogens with one attached hydrogen (secondary N) is 1. The van der Waals surface area contributed by atoms with Crippen LogP contribution in [0.25, 0.3) is 0 Å². The molecule has 1 atom stereocenters. The van der Waals surface area contributed by atoms with Gasteiger partial charge in [0.15, 0.2) is 0 Å². The molecule has 0 aliphatic carbocycles. The van der Waals surface area contributed by atoms with Gasteiger partial charge in [0.05, 0.1) is 5.56 Å². The van der Waals surface area contributed by atoms with Gasteiger partial charge in [0.25, 0.3) is 5.91 Å². The SMILES string of the molecule is CCCC(C)(NC(=O)c1cc(Cl)ccc1Br)C(=O)O. The molecule has 0 saturated heterocycles. The third-order valence-corrected chi connectivity index (χ3v) is 3.71. The maximum Gasteiger partial charge on any atom is 0.329 e. The maximum atomic E-state index is 12.1. The van der Waals surface area contributed by atoms with Gasteiger partial charge in [0.2, 0.25) is 0 Å². The van der Waals surface area contributed by atoms with Gasteiger partial charge < -0.3 is 10.4 Å². The van der Waals surface area contributed by atoms with Crippen LogP contribution in [0.15, 0.2) is 22.7 Å². The quantitative estimate of drug-likeness (QED) is 0.856. The van der Waals surface area contributed by atoms with Gasteiger partial charge in [-0.25, -0.2) is 4.79 Å². The Bertz CT molecular complexity index is 507. The molecule has 0 saturated carbocycles. The summed E-state index contributed by atoms with van der Waals surface area (Å²) < 4.78 is 0.568. The van der Waals surface area contributed by atoms with Crippen molar-refractivity contribution in [2.24, 2.45) is 0 Å². The van der Waals surface area contributed by atoms with Crippen LogP contribution in [0.4, 0.5) is 0 Å². The van der Waals surface area contributed by atoms with Gasteiger partial charge in [-0.3, -0.25) is 4.79 Å². The second-order valence-electron chi connectivity index (χ2n) is 4.47. The fourth-order valence-electron chi connectivity index (χ4n) is 1.71. The first kappa shape index (κ1) is 16.0. The number of carbonyl (C=O) groups is 2. The molecule has 1 amide bonds. The molecular formula is C13H15BrClNO3. The summed E-state index contributed by atoms with van der Waals surface area (Å²) in [6, 6.07) is 4.79. The first-order valence-electron chi connectivity index (χ1n) is 5.81. The van der Waals surface area contributed by atoms with Crippen LogP contribution in [0, 0.1) is 0 Å². The lowest BCUT2D eigenvalue weighted by atomic mass is 9.96. The van der Waals surface area contributed by atoms with E-state index in [1.165, 1.54) is 13.0 Å². The summed E-state index contributed by atoms with van der Waals surface area (Å²) in [5, 5.41) is 12.2. The summed E-state index contributed by atoms with van der Waals surface area (Å²) in [6.45, 7) is 3.36. The second-order valence-corrected chi connectivity index (χ2v) is 5.76. The molecule has 0 aliphatic heterocycles. The number of carboxylic acids is 1. The molecule has 19 heavy (non-hydrogen) atoms. The van der Waals surface area contributed by atoms with Crippen molar-refractivity contribution in [2.45, 2.75) is 32.2 Å². The summed E-state index contributed by atoms with van der Waals surface area (Å²) in [5.74, 6) is -1.52. The van der Waals surface area contributed by atoms with Crippen molar-refractivity contribution in [1.29, 1.82) is 0 Å². The highest BCUT2D eigenvalue weighted by Gasteiger charge is 2.34. The highest BCUT2D eigenvalue weighted by Crippen LogP contribution is 2.22. The summed E-state index contributed by atoms with van der Waals surface area (Å²) >= 11 is 9.09. The third-order valence-electron chi connectivity index (χ3n) is 2.78. The van der Waals surface area contributed by atoms with E-state index in [9.17, 15) is 14.7 Å². The van der Waals surface area contributed by atoms with E-state index in [-0.39, 0.29) is 0 Å². The number of carbonyl (C=O) groups excluding carboxylic acids is 1. The molecule has 0 aliphatic rings. The molecular weight excluding hydrogens is 334 g/mol.